The van der Waals surface area contributed by atoms with Crippen LogP contribution in [0.25, 0.3) is 0 Å². The van der Waals surface area contributed by atoms with Crippen LogP contribution >= 0.6 is 0 Å². The van der Waals surface area contributed by atoms with Gasteiger partial charge in [0.15, 0.2) is 0 Å². The number of hydrogen-bond donors (Lipinski definition) is 0. The first-order valence-corrected chi connectivity index (χ1v) is 7.88. The van der Waals surface area contributed by atoms with Gasteiger partial charge in [0.05, 0.1) is 6.61 Å². The van der Waals surface area contributed by atoms with Crippen LogP contribution in [0.2, 0.25) is 0 Å². The molecule has 0 aromatic heterocycles. The van der Waals surface area contributed by atoms with Gasteiger partial charge in [0.1, 0.15) is 5.75 Å². The largest absolute Gasteiger partial charge is 0.493 e. The molecule has 0 N–H and O–H groups in total. The van der Waals surface area contributed by atoms with Gasteiger partial charge < -0.3 is 4.74 Å². The molecule has 2 atom stereocenters. The van der Waals surface area contributed by atoms with E-state index in [0.717, 1.165) is 31.4 Å². The summed E-state index contributed by atoms with van der Waals surface area (Å²) in [6, 6.07) is 19.4. The van der Waals surface area contributed by atoms with E-state index >= 15 is 0 Å². The number of benzene rings is 2. The molecule has 108 valence electrons. The van der Waals surface area contributed by atoms with Gasteiger partial charge in [-0.3, -0.25) is 4.90 Å². The summed E-state index contributed by atoms with van der Waals surface area (Å²) in [5.41, 5.74) is 2.83. The lowest BCUT2D eigenvalue weighted by atomic mass is 9.87. The maximum absolute atomic E-state index is 5.92. The molecule has 0 spiro atoms. The van der Waals surface area contributed by atoms with Crippen LogP contribution in [0.5, 0.6) is 5.75 Å². The van der Waals surface area contributed by atoms with Gasteiger partial charge in [0, 0.05) is 25.6 Å². The Balaban J connectivity index is 1.55. The molecule has 2 aromatic rings. The topological polar surface area (TPSA) is 12.5 Å². The Bertz CT molecular complexity index is 610. The third-order valence-corrected chi connectivity index (χ3v) is 4.83. The van der Waals surface area contributed by atoms with Gasteiger partial charge in [-0.05, 0) is 29.5 Å². The zero-order valence-electron chi connectivity index (χ0n) is 12.2. The van der Waals surface area contributed by atoms with Crippen molar-refractivity contribution in [1.29, 1.82) is 0 Å². The van der Waals surface area contributed by atoms with Crippen LogP contribution in [-0.4, -0.2) is 24.6 Å². The molecule has 0 saturated carbocycles. The van der Waals surface area contributed by atoms with E-state index in [9.17, 15) is 0 Å². The molecule has 2 heteroatoms. The highest BCUT2D eigenvalue weighted by Gasteiger charge is 2.36. The van der Waals surface area contributed by atoms with Gasteiger partial charge in [-0.1, -0.05) is 48.5 Å². The van der Waals surface area contributed by atoms with Crippen molar-refractivity contribution in [1.82, 2.24) is 4.90 Å². The highest BCUT2D eigenvalue weighted by molar-refractivity contribution is 5.38. The van der Waals surface area contributed by atoms with Crippen molar-refractivity contribution in [2.45, 2.75) is 18.9 Å². The Kier molecular flexibility index (Phi) is 3.40. The Morgan fingerprint density at radius 1 is 0.952 bits per heavy atom. The molecule has 1 saturated heterocycles. The van der Waals surface area contributed by atoms with E-state index < -0.39 is 0 Å². The average molecular weight is 279 g/mol. The summed E-state index contributed by atoms with van der Waals surface area (Å²) >= 11 is 0. The Hall–Kier alpha value is -1.80. The Morgan fingerprint density at radius 2 is 1.76 bits per heavy atom. The van der Waals surface area contributed by atoms with Crippen molar-refractivity contribution in [2.75, 3.05) is 19.7 Å². The summed E-state index contributed by atoms with van der Waals surface area (Å²) < 4.78 is 5.92. The molecule has 2 aliphatic rings. The van der Waals surface area contributed by atoms with Crippen LogP contribution in [0.4, 0.5) is 0 Å². The van der Waals surface area contributed by atoms with Crippen molar-refractivity contribution < 1.29 is 4.74 Å². The maximum Gasteiger partial charge on any atom is 0.122 e. The summed E-state index contributed by atoms with van der Waals surface area (Å²) in [6.45, 7) is 4.27. The molecule has 2 heterocycles. The Morgan fingerprint density at radius 3 is 2.67 bits per heavy atom. The summed E-state index contributed by atoms with van der Waals surface area (Å²) in [7, 11) is 0. The van der Waals surface area contributed by atoms with Crippen molar-refractivity contribution in [3.05, 3.63) is 65.7 Å². The second-order valence-electron chi connectivity index (χ2n) is 6.22. The molecule has 0 aliphatic carbocycles. The molecule has 21 heavy (non-hydrogen) atoms. The monoisotopic (exact) mass is 279 g/mol. The number of fused-ring (bicyclic) bond motifs is 3. The number of rotatable bonds is 2. The van der Waals surface area contributed by atoms with E-state index in [1.54, 1.807) is 0 Å². The lowest BCUT2D eigenvalue weighted by Gasteiger charge is -2.17. The van der Waals surface area contributed by atoms with E-state index in [-0.39, 0.29) is 0 Å². The van der Waals surface area contributed by atoms with Crippen LogP contribution in [-0.2, 0) is 6.54 Å². The molecule has 0 bridgehead atoms. The highest BCUT2D eigenvalue weighted by atomic mass is 16.5. The maximum atomic E-state index is 5.92. The van der Waals surface area contributed by atoms with Crippen molar-refractivity contribution in [2.24, 2.45) is 5.92 Å². The molecule has 4 rings (SSSR count). The molecule has 0 radical (unpaired) electrons. The van der Waals surface area contributed by atoms with E-state index in [0.29, 0.717) is 5.92 Å². The van der Waals surface area contributed by atoms with E-state index in [4.69, 9.17) is 4.74 Å². The van der Waals surface area contributed by atoms with Crippen molar-refractivity contribution >= 4 is 0 Å². The summed E-state index contributed by atoms with van der Waals surface area (Å²) in [4.78, 5) is 2.60. The number of likely N-dealkylation sites (tertiary alicyclic amines) is 1. The van der Waals surface area contributed by atoms with Gasteiger partial charge in [0.25, 0.3) is 0 Å². The highest BCUT2D eigenvalue weighted by Crippen LogP contribution is 2.41. The van der Waals surface area contributed by atoms with Crippen LogP contribution in [0, 0.1) is 5.92 Å². The molecule has 0 amide bonds. The molecule has 1 fully saturated rings. The average Bonchev–Trinajstić information content (AvgIpc) is 2.83. The predicted molar refractivity (Wildman–Crippen MR) is 84.5 cm³/mol. The number of ether oxygens (including phenoxy) is 1. The fraction of sp³-hybridized carbons (Fsp3) is 0.368. The Labute approximate surface area is 126 Å². The van der Waals surface area contributed by atoms with Gasteiger partial charge in [-0.25, -0.2) is 0 Å². The quantitative estimate of drug-likeness (QED) is 0.831. The smallest absolute Gasteiger partial charge is 0.122 e. The molecule has 2 nitrogen and oxygen atoms in total. The third kappa shape index (κ3) is 2.56. The zero-order chi connectivity index (χ0) is 14.1. The SMILES string of the molecule is c1ccc(CN2C[C@H]3CCOc4ccccc4[C@@H]3C2)cc1. The van der Waals surface area contributed by atoms with Crippen LogP contribution < -0.4 is 4.74 Å². The van der Waals surface area contributed by atoms with Gasteiger partial charge in [0.2, 0.25) is 0 Å². The van der Waals surface area contributed by atoms with Gasteiger partial charge in [-0.2, -0.15) is 0 Å². The summed E-state index contributed by atoms with van der Waals surface area (Å²) in [5.74, 6) is 2.47. The number of hydrogen-bond acceptors (Lipinski definition) is 2. The fourth-order valence-corrected chi connectivity index (χ4v) is 3.81. The molecule has 0 unspecified atom stereocenters. The predicted octanol–water partition coefficient (Wildman–Crippen LogP) is 3.68. The number of nitrogens with zero attached hydrogens (tertiary/aromatic N) is 1. The minimum absolute atomic E-state index is 0.632. The summed E-state index contributed by atoms with van der Waals surface area (Å²) in [5, 5.41) is 0. The normalized spacial score (nSPS) is 24.8. The van der Waals surface area contributed by atoms with Crippen LogP contribution in [0.1, 0.15) is 23.5 Å². The lowest BCUT2D eigenvalue weighted by molar-refractivity contribution is 0.271. The molecular weight excluding hydrogens is 258 g/mol. The van der Waals surface area contributed by atoms with Crippen molar-refractivity contribution in [3.63, 3.8) is 0 Å². The lowest BCUT2D eigenvalue weighted by Crippen LogP contribution is -2.21. The van der Waals surface area contributed by atoms with Gasteiger partial charge >= 0.3 is 0 Å². The molecule has 2 aliphatic heterocycles. The van der Waals surface area contributed by atoms with E-state index in [1.165, 1.54) is 24.1 Å². The van der Waals surface area contributed by atoms with Gasteiger partial charge in [-0.15, -0.1) is 0 Å². The van der Waals surface area contributed by atoms with E-state index in [2.05, 4.69) is 59.5 Å². The first kappa shape index (κ1) is 12.9. The minimum Gasteiger partial charge on any atom is -0.493 e. The molecule has 2 aromatic carbocycles. The van der Waals surface area contributed by atoms with Crippen molar-refractivity contribution in [3.8, 4) is 5.75 Å². The third-order valence-electron chi connectivity index (χ3n) is 4.83. The number of para-hydroxylation sites is 1. The zero-order valence-corrected chi connectivity index (χ0v) is 12.2. The van der Waals surface area contributed by atoms with Crippen LogP contribution in [0.3, 0.4) is 0 Å². The van der Waals surface area contributed by atoms with Crippen LogP contribution in [0.15, 0.2) is 54.6 Å². The second kappa shape index (κ2) is 5.53. The summed E-state index contributed by atoms with van der Waals surface area (Å²) in [6.07, 6.45) is 1.17. The van der Waals surface area contributed by atoms with E-state index in [1.807, 2.05) is 0 Å². The minimum atomic E-state index is 0.632. The standard InChI is InChI=1S/C19H21NO/c1-2-6-15(7-3-1)12-20-13-16-10-11-21-19-9-5-4-8-17(19)18(16)14-20/h1-9,16,18H,10-14H2/t16-,18-/m1/s1. The fourth-order valence-electron chi connectivity index (χ4n) is 3.81. The first-order valence-electron chi connectivity index (χ1n) is 7.88. The molecular formula is C19H21NO. The second-order valence-corrected chi connectivity index (χ2v) is 6.22. The first-order chi connectivity index (χ1) is 10.4.